The Kier molecular flexibility index (Phi) is 3.39. The highest BCUT2D eigenvalue weighted by molar-refractivity contribution is 6.26. The predicted octanol–water partition coefficient (Wildman–Crippen LogP) is 1.20. The van der Waals surface area contributed by atoms with Crippen LogP contribution >= 0.6 is 0 Å². The summed E-state index contributed by atoms with van der Waals surface area (Å²) in [4.78, 5) is 63.5. The lowest BCUT2D eigenvalue weighted by molar-refractivity contribution is -0.137. The SMILES string of the molecule is O=C1[C@@H]2C3C=CC([C@H]2C(=O)N1c1cccnc1)[C@@H]1C(=O)N(c2cccnc2)C(=O)[C@H]31. The zero-order valence-corrected chi connectivity index (χ0v) is 15.7. The van der Waals surface area contributed by atoms with Crippen molar-refractivity contribution in [3.8, 4) is 0 Å². The second kappa shape index (κ2) is 5.91. The fourth-order valence-electron chi connectivity index (χ4n) is 5.71. The Morgan fingerprint density at radius 1 is 0.600 bits per heavy atom. The van der Waals surface area contributed by atoms with Gasteiger partial charge in [0.15, 0.2) is 0 Å². The zero-order valence-electron chi connectivity index (χ0n) is 15.7. The molecule has 148 valence electrons. The standard InChI is InChI=1S/C22H16N4O4/c27-19-15-13-5-6-14(16(15)20(28)25(19)11-3-1-7-23-9-11)18-17(13)21(29)26(22(18)30)12-4-2-8-24-10-12/h1-10,13-18H/t13?,14?,15-,16-,17-,18+/m1/s1. The molecule has 2 saturated heterocycles. The van der Waals surface area contributed by atoms with E-state index in [1.807, 2.05) is 12.2 Å². The van der Waals surface area contributed by atoms with E-state index in [2.05, 4.69) is 9.97 Å². The van der Waals surface area contributed by atoms with Gasteiger partial charge < -0.3 is 0 Å². The number of carbonyl (C=O) groups excluding carboxylic acids is 4. The van der Waals surface area contributed by atoms with Gasteiger partial charge in [-0.25, -0.2) is 9.80 Å². The quantitative estimate of drug-likeness (QED) is 0.555. The Balaban J connectivity index is 1.42. The summed E-state index contributed by atoms with van der Waals surface area (Å²) in [6, 6.07) is 6.66. The highest BCUT2D eigenvalue weighted by Crippen LogP contribution is 2.58. The molecule has 0 spiro atoms. The normalized spacial score (nSPS) is 34.0. The van der Waals surface area contributed by atoms with E-state index in [0.29, 0.717) is 11.4 Å². The van der Waals surface area contributed by atoms with Gasteiger partial charge in [0, 0.05) is 24.2 Å². The second-order valence-electron chi connectivity index (χ2n) is 8.09. The van der Waals surface area contributed by atoms with Gasteiger partial charge in [0.25, 0.3) is 0 Å². The van der Waals surface area contributed by atoms with Crippen LogP contribution in [0.15, 0.2) is 61.2 Å². The van der Waals surface area contributed by atoms with Gasteiger partial charge in [-0.2, -0.15) is 0 Å². The summed E-state index contributed by atoms with van der Waals surface area (Å²) in [5.41, 5.74) is 0.835. The molecule has 0 aromatic carbocycles. The molecule has 3 fully saturated rings. The lowest BCUT2D eigenvalue weighted by atomic mass is 9.54. The minimum absolute atomic E-state index is 0.323. The second-order valence-corrected chi connectivity index (χ2v) is 8.09. The molecule has 2 aliphatic heterocycles. The Bertz CT molecular complexity index is 999. The number of amides is 4. The molecule has 4 heterocycles. The summed E-state index contributed by atoms with van der Waals surface area (Å²) >= 11 is 0. The number of allylic oxidation sites excluding steroid dienone is 2. The molecular formula is C22H16N4O4. The molecule has 2 aromatic heterocycles. The van der Waals surface area contributed by atoms with Crippen molar-refractivity contribution in [3.05, 3.63) is 61.2 Å². The monoisotopic (exact) mass is 400 g/mol. The third-order valence-corrected chi connectivity index (χ3v) is 6.82. The first-order chi connectivity index (χ1) is 14.6. The molecule has 8 nitrogen and oxygen atoms in total. The molecule has 5 aliphatic rings. The summed E-state index contributed by atoms with van der Waals surface area (Å²) in [6.45, 7) is 0. The minimum Gasteiger partial charge on any atom is -0.274 e. The first kappa shape index (κ1) is 17.2. The van der Waals surface area contributed by atoms with Crippen LogP contribution in [-0.2, 0) is 19.2 Å². The van der Waals surface area contributed by atoms with Crippen molar-refractivity contribution >= 4 is 35.0 Å². The molecule has 6 atom stereocenters. The maximum atomic E-state index is 13.3. The summed E-state index contributed by atoms with van der Waals surface area (Å²) in [7, 11) is 0. The van der Waals surface area contributed by atoms with Gasteiger partial charge in [-0.1, -0.05) is 12.2 Å². The smallest absolute Gasteiger partial charge is 0.238 e. The van der Waals surface area contributed by atoms with Crippen LogP contribution in [0.1, 0.15) is 0 Å². The number of nitrogens with zero attached hydrogens (tertiary/aromatic N) is 4. The van der Waals surface area contributed by atoms with E-state index >= 15 is 0 Å². The highest BCUT2D eigenvalue weighted by atomic mass is 16.2. The van der Waals surface area contributed by atoms with Crippen LogP contribution < -0.4 is 9.80 Å². The molecule has 8 heteroatoms. The van der Waals surface area contributed by atoms with Gasteiger partial charge in [-0.3, -0.25) is 29.1 Å². The molecule has 2 bridgehead atoms. The summed E-state index contributed by atoms with van der Waals surface area (Å²) in [5, 5.41) is 0. The number of aromatic nitrogens is 2. The van der Waals surface area contributed by atoms with E-state index in [0.717, 1.165) is 0 Å². The molecule has 1 saturated carbocycles. The molecule has 2 unspecified atom stereocenters. The lowest BCUT2D eigenvalue weighted by Crippen LogP contribution is -2.50. The average molecular weight is 400 g/mol. The Morgan fingerprint density at radius 2 is 0.967 bits per heavy atom. The average Bonchev–Trinajstić information content (AvgIpc) is 3.22. The lowest BCUT2D eigenvalue weighted by Gasteiger charge is -2.44. The van der Waals surface area contributed by atoms with Crippen molar-refractivity contribution in [1.82, 2.24) is 9.97 Å². The Morgan fingerprint density at radius 3 is 1.27 bits per heavy atom. The van der Waals surface area contributed by atoms with E-state index in [9.17, 15) is 19.2 Å². The maximum absolute atomic E-state index is 13.3. The third-order valence-electron chi connectivity index (χ3n) is 6.82. The number of carbonyl (C=O) groups is 4. The van der Waals surface area contributed by atoms with Crippen LogP contribution in [0.4, 0.5) is 11.4 Å². The van der Waals surface area contributed by atoms with Gasteiger partial charge in [-0.15, -0.1) is 0 Å². The molecule has 0 radical (unpaired) electrons. The number of hydrogen-bond donors (Lipinski definition) is 0. The predicted molar refractivity (Wildman–Crippen MR) is 104 cm³/mol. The van der Waals surface area contributed by atoms with E-state index in [1.54, 1.807) is 36.7 Å². The number of pyridine rings is 2. The number of anilines is 2. The first-order valence-electron chi connectivity index (χ1n) is 9.83. The van der Waals surface area contributed by atoms with Crippen LogP contribution in [-0.4, -0.2) is 33.6 Å². The summed E-state index contributed by atoms with van der Waals surface area (Å²) < 4.78 is 0. The molecule has 3 aliphatic carbocycles. The van der Waals surface area contributed by atoms with Crippen molar-refractivity contribution in [2.24, 2.45) is 35.5 Å². The number of imide groups is 2. The van der Waals surface area contributed by atoms with Crippen molar-refractivity contribution in [1.29, 1.82) is 0 Å². The fourth-order valence-corrected chi connectivity index (χ4v) is 5.71. The Hall–Kier alpha value is -3.68. The van der Waals surface area contributed by atoms with Crippen LogP contribution in [0, 0.1) is 35.5 Å². The summed E-state index contributed by atoms with van der Waals surface area (Å²) in [6.07, 6.45) is 9.79. The molecule has 2 aromatic rings. The van der Waals surface area contributed by atoms with Gasteiger partial charge in [0.1, 0.15) is 0 Å². The van der Waals surface area contributed by atoms with Gasteiger partial charge >= 0.3 is 0 Å². The van der Waals surface area contributed by atoms with Gasteiger partial charge in [-0.05, 0) is 24.3 Å². The van der Waals surface area contributed by atoms with Crippen molar-refractivity contribution in [2.75, 3.05) is 9.80 Å². The van der Waals surface area contributed by atoms with Crippen LogP contribution in [0.25, 0.3) is 0 Å². The third kappa shape index (κ3) is 2.00. The highest BCUT2D eigenvalue weighted by Gasteiger charge is 2.68. The topological polar surface area (TPSA) is 101 Å². The van der Waals surface area contributed by atoms with E-state index < -0.39 is 35.5 Å². The van der Waals surface area contributed by atoms with Gasteiger partial charge in [0.2, 0.25) is 23.6 Å². The first-order valence-corrected chi connectivity index (χ1v) is 9.83. The summed E-state index contributed by atoms with van der Waals surface area (Å²) in [5.74, 6) is -4.82. The van der Waals surface area contributed by atoms with Crippen molar-refractivity contribution < 1.29 is 19.2 Å². The van der Waals surface area contributed by atoms with E-state index in [-0.39, 0.29) is 23.6 Å². The van der Waals surface area contributed by atoms with Crippen LogP contribution in [0.2, 0.25) is 0 Å². The van der Waals surface area contributed by atoms with Crippen LogP contribution in [0.5, 0.6) is 0 Å². The van der Waals surface area contributed by atoms with Crippen LogP contribution in [0.3, 0.4) is 0 Å². The molecule has 4 amide bonds. The van der Waals surface area contributed by atoms with Gasteiger partial charge in [0.05, 0.1) is 47.4 Å². The largest absolute Gasteiger partial charge is 0.274 e. The minimum atomic E-state index is -0.639. The van der Waals surface area contributed by atoms with E-state index in [1.165, 1.54) is 22.2 Å². The molecule has 0 N–H and O–H groups in total. The number of rotatable bonds is 2. The van der Waals surface area contributed by atoms with Crippen molar-refractivity contribution in [3.63, 3.8) is 0 Å². The van der Waals surface area contributed by atoms with E-state index in [4.69, 9.17) is 0 Å². The molecule has 7 rings (SSSR count). The molecule has 30 heavy (non-hydrogen) atoms. The van der Waals surface area contributed by atoms with Crippen molar-refractivity contribution in [2.45, 2.75) is 0 Å². The number of hydrogen-bond acceptors (Lipinski definition) is 6. The molecular weight excluding hydrogens is 384 g/mol. The Labute approximate surface area is 171 Å². The fraction of sp³-hybridized carbons (Fsp3) is 0.273. The maximum Gasteiger partial charge on any atom is 0.238 e. The zero-order chi connectivity index (χ0) is 20.6.